The first-order chi connectivity index (χ1) is 16.6. The Hall–Kier alpha value is -4.97. The van der Waals surface area contributed by atoms with Crippen LogP contribution in [0.5, 0.6) is 0 Å². The molecule has 0 fully saturated rings. The van der Waals surface area contributed by atoms with Crippen molar-refractivity contribution in [1.29, 1.82) is 5.26 Å². The van der Waals surface area contributed by atoms with Crippen LogP contribution in [0.15, 0.2) is 73.2 Å². The van der Waals surface area contributed by atoms with Crippen molar-refractivity contribution in [1.82, 2.24) is 29.8 Å². The van der Waals surface area contributed by atoms with E-state index >= 15 is 0 Å². The van der Waals surface area contributed by atoms with E-state index in [2.05, 4.69) is 26.5 Å². The molecule has 4 aromatic heterocycles. The molecule has 0 bridgehead atoms. The van der Waals surface area contributed by atoms with Gasteiger partial charge in [-0.2, -0.15) is 25.3 Å². The fourth-order valence-corrected chi connectivity index (χ4v) is 4.27. The molecule has 34 heavy (non-hydrogen) atoms. The highest BCUT2D eigenvalue weighted by molar-refractivity contribution is 5.84. The van der Waals surface area contributed by atoms with Crippen molar-refractivity contribution in [3.8, 4) is 23.0 Å². The van der Waals surface area contributed by atoms with Gasteiger partial charge in [0.2, 0.25) is 0 Å². The minimum atomic E-state index is 0.514. The maximum absolute atomic E-state index is 13.1. The third kappa shape index (κ3) is 3.17. The number of fused-ring (bicyclic) bond motifs is 2. The number of benzene rings is 2. The predicted molar refractivity (Wildman–Crippen MR) is 126 cm³/mol. The van der Waals surface area contributed by atoms with Gasteiger partial charge in [0.05, 0.1) is 46.8 Å². The molecule has 0 saturated heterocycles. The summed E-state index contributed by atoms with van der Waals surface area (Å²) in [6.07, 6.45) is 5.04. The van der Waals surface area contributed by atoms with E-state index in [1.165, 1.54) is 0 Å². The summed E-state index contributed by atoms with van der Waals surface area (Å²) < 4.78 is 4.49. The van der Waals surface area contributed by atoms with Gasteiger partial charge >= 0.3 is 0 Å². The largest absolute Gasteiger partial charge is 0.618 e. The van der Waals surface area contributed by atoms with E-state index in [-0.39, 0.29) is 0 Å². The highest BCUT2D eigenvalue weighted by Gasteiger charge is 2.20. The molecular formula is C25H18N8O. The number of H-pyrrole nitrogens is 1. The summed E-state index contributed by atoms with van der Waals surface area (Å²) in [4.78, 5) is 0. The highest BCUT2D eigenvalue weighted by atomic mass is 16.5. The lowest BCUT2D eigenvalue weighted by molar-refractivity contribution is -0.576. The van der Waals surface area contributed by atoms with E-state index in [4.69, 9.17) is 5.26 Å². The SMILES string of the molecule is Cc1nn(-c2ccc3cn[nH]c3c2)c2cc(-c3ccnn3Cc3ccc(C#N)cc3)c[n+]([O-])c12. The van der Waals surface area contributed by atoms with Crippen molar-refractivity contribution in [2.75, 3.05) is 0 Å². The maximum atomic E-state index is 13.1. The molecule has 6 rings (SSSR count). The molecule has 0 atom stereocenters. The number of nitriles is 1. The summed E-state index contributed by atoms with van der Waals surface area (Å²) in [7, 11) is 0. The van der Waals surface area contributed by atoms with Gasteiger partial charge in [-0.3, -0.25) is 9.78 Å². The van der Waals surface area contributed by atoms with Crippen molar-refractivity contribution in [2.24, 2.45) is 0 Å². The summed E-state index contributed by atoms with van der Waals surface area (Å²) in [5.74, 6) is 0. The summed E-state index contributed by atoms with van der Waals surface area (Å²) in [5, 5.41) is 39.3. The second-order valence-corrected chi connectivity index (χ2v) is 8.11. The van der Waals surface area contributed by atoms with Crippen LogP contribution >= 0.6 is 0 Å². The second kappa shape index (κ2) is 7.56. The van der Waals surface area contributed by atoms with E-state index in [0.717, 1.165) is 38.1 Å². The van der Waals surface area contributed by atoms with Crippen LogP contribution in [0.2, 0.25) is 0 Å². The Morgan fingerprint density at radius 2 is 1.97 bits per heavy atom. The van der Waals surface area contributed by atoms with Gasteiger partial charge in [-0.15, -0.1) is 0 Å². The van der Waals surface area contributed by atoms with Crippen LogP contribution in [0.1, 0.15) is 16.8 Å². The molecule has 0 spiro atoms. The van der Waals surface area contributed by atoms with Gasteiger partial charge in [0.15, 0.2) is 6.20 Å². The van der Waals surface area contributed by atoms with E-state index in [9.17, 15) is 5.21 Å². The lowest BCUT2D eigenvalue weighted by Crippen LogP contribution is -2.27. The smallest absolute Gasteiger partial charge is 0.265 e. The third-order valence-electron chi connectivity index (χ3n) is 5.93. The summed E-state index contributed by atoms with van der Waals surface area (Å²) in [5.41, 5.74) is 6.76. The molecule has 4 heterocycles. The minimum Gasteiger partial charge on any atom is -0.618 e. The van der Waals surface area contributed by atoms with Crippen LogP contribution in [-0.4, -0.2) is 29.8 Å². The number of nitrogens with zero attached hydrogens (tertiary/aromatic N) is 7. The zero-order valence-corrected chi connectivity index (χ0v) is 18.2. The zero-order chi connectivity index (χ0) is 23.2. The topological polar surface area (TPSA) is 115 Å². The normalized spacial score (nSPS) is 11.3. The minimum absolute atomic E-state index is 0.514. The number of aryl methyl sites for hydroxylation is 1. The predicted octanol–water partition coefficient (Wildman–Crippen LogP) is 3.63. The fraction of sp³-hybridized carbons (Fsp3) is 0.0800. The number of rotatable bonds is 4. The van der Waals surface area contributed by atoms with E-state index < -0.39 is 0 Å². The van der Waals surface area contributed by atoms with Gasteiger partial charge in [-0.1, -0.05) is 12.1 Å². The van der Waals surface area contributed by atoms with Crippen molar-refractivity contribution in [3.05, 3.63) is 95.2 Å². The van der Waals surface area contributed by atoms with Gasteiger partial charge < -0.3 is 5.21 Å². The second-order valence-electron chi connectivity index (χ2n) is 8.11. The molecule has 1 N–H and O–H groups in total. The molecule has 0 saturated carbocycles. The number of hydrogen-bond donors (Lipinski definition) is 1. The summed E-state index contributed by atoms with van der Waals surface area (Å²) in [6, 6.07) is 19.3. The lowest BCUT2D eigenvalue weighted by Gasteiger charge is -2.09. The van der Waals surface area contributed by atoms with Gasteiger partial charge in [-0.25, -0.2) is 4.68 Å². The molecule has 0 unspecified atom stereocenters. The van der Waals surface area contributed by atoms with Crippen molar-refractivity contribution >= 4 is 21.9 Å². The maximum Gasteiger partial charge on any atom is 0.265 e. The van der Waals surface area contributed by atoms with E-state index in [1.807, 2.05) is 54.1 Å². The molecule has 0 amide bonds. The fourth-order valence-electron chi connectivity index (χ4n) is 4.27. The Morgan fingerprint density at radius 1 is 1.12 bits per heavy atom. The molecule has 0 radical (unpaired) electrons. The molecule has 2 aromatic carbocycles. The van der Waals surface area contributed by atoms with Crippen LogP contribution in [0.4, 0.5) is 0 Å². The Labute approximate surface area is 193 Å². The standard InChI is InChI=1S/C25H18N8O/c1-16-25-24(33(30-16)21-7-6-19-13-27-29-22(19)11-21)10-20(15-32(25)34)23-8-9-28-31(23)14-18-4-2-17(12-26)3-5-18/h2-11,13,15H,14H2,1H3,(H,27,29). The molecule has 9 nitrogen and oxygen atoms in total. The van der Waals surface area contributed by atoms with Crippen molar-refractivity contribution in [2.45, 2.75) is 13.5 Å². The Balaban J connectivity index is 1.46. The van der Waals surface area contributed by atoms with Gasteiger partial charge in [0, 0.05) is 11.6 Å². The molecule has 9 heteroatoms. The monoisotopic (exact) mass is 446 g/mol. The number of hydrogen-bond acceptors (Lipinski definition) is 5. The Bertz CT molecular complexity index is 1720. The van der Waals surface area contributed by atoms with Gasteiger partial charge in [-0.05, 0) is 55.0 Å². The Kier molecular flexibility index (Phi) is 4.38. The third-order valence-corrected chi connectivity index (χ3v) is 5.93. The summed E-state index contributed by atoms with van der Waals surface area (Å²) in [6.45, 7) is 2.34. The van der Waals surface area contributed by atoms with Gasteiger partial charge in [0.25, 0.3) is 5.52 Å². The molecule has 0 aliphatic rings. The highest BCUT2D eigenvalue weighted by Crippen LogP contribution is 2.27. The summed E-state index contributed by atoms with van der Waals surface area (Å²) >= 11 is 0. The van der Waals surface area contributed by atoms with Crippen LogP contribution in [0.3, 0.4) is 0 Å². The van der Waals surface area contributed by atoms with Crippen LogP contribution in [0, 0.1) is 23.5 Å². The Morgan fingerprint density at radius 3 is 2.79 bits per heavy atom. The molecule has 6 aromatic rings. The van der Waals surface area contributed by atoms with Crippen LogP contribution in [-0.2, 0) is 6.54 Å². The first-order valence-corrected chi connectivity index (χ1v) is 10.7. The van der Waals surface area contributed by atoms with Gasteiger partial charge in [0.1, 0.15) is 11.2 Å². The van der Waals surface area contributed by atoms with Crippen LogP contribution in [0.25, 0.3) is 38.9 Å². The van der Waals surface area contributed by atoms with E-state index in [0.29, 0.717) is 28.8 Å². The number of pyridine rings is 1. The molecule has 0 aliphatic carbocycles. The molecule has 164 valence electrons. The average Bonchev–Trinajstić information content (AvgIpc) is 3.58. The lowest BCUT2D eigenvalue weighted by atomic mass is 10.1. The van der Waals surface area contributed by atoms with Crippen molar-refractivity contribution in [3.63, 3.8) is 0 Å². The molecular weight excluding hydrogens is 428 g/mol. The number of aromatic nitrogens is 7. The number of aromatic amines is 1. The number of nitrogens with one attached hydrogen (secondary N) is 1. The first-order valence-electron chi connectivity index (χ1n) is 10.7. The van der Waals surface area contributed by atoms with Crippen molar-refractivity contribution < 1.29 is 4.73 Å². The zero-order valence-electron chi connectivity index (χ0n) is 18.2. The average molecular weight is 446 g/mol. The molecule has 0 aliphatic heterocycles. The van der Waals surface area contributed by atoms with Crippen LogP contribution < -0.4 is 4.73 Å². The first kappa shape index (κ1) is 19.7. The quantitative estimate of drug-likeness (QED) is 0.328. The van der Waals surface area contributed by atoms with E-state index in [1.54, 1.807) is 35.4 Å².